The number of rotatable bonds is 4. The zero-order chi connectivity index (χ0) is 18.0. The number of carbonyl (C=O) groups is 1. The predicted molar refractivity (Wildman–Crippen MR) is 96.6 cm³/mol. The minimum atomic E-state index is -0.688. The van der Waals surface area contributed by atoms with E-state index in [1.165, 1.54) is 5.56 Å². The lowest BCUT2D eigenvalue weighted by Gasteiger charge is -2.15. The molecule has 0 radical (unpaired) electrons. The number of hydrogen-bond acceptors (Lipinski definition) is 3. The summed E-state index contributed by atoms with van der Waals surface area (Å²) in [7, 11) is 0. The van der Waals surface area contributed by atoms with Crippen LogP contribution >= 0.6 is 0 Å². The molecule has 2 aromatic carbocycles. The number of aromatic amines is 1. The maximum absolute atomic E-state index is 12.2. The summed E-state index contributed by atoms with van der Waals surface area (Å²) in [6.45, 7) is 6.58. The number of amides is 1. The summed E-state index contributed by atoms with van der Waals surface area (Å²) in [6, 6.07) is 13.1. The smallest absolute Gasteiger partial charge is 0.315 e. The molecule has 0 aliphatic rings. The van der Waals surface area contributed by atoms with Crippen molar-refractivity contribution in [3.63, 3.8) is 0 Å². The van der Waals surface area contributed by atoms with Crippen LogP contribution in [0.2, 0.25) is 0 Å². The highest BCUT2D eigenvalue weighted by atomic mass is 16.7. The Kier molecular flexibility index (Phi) is 4.61. The van der Waals surface area contributed by atoms with Gasteiger partial charge in [0.05, 0.1) is 10.9 Å². The molecule has 130 valence electrons. The molecule has 1 aromatic heterocycles. The largest absolute Gasteiger partial charge is 0.433 e. The van der Waals surface area contributed by atoms with Crippen LogP contribution in [0.1, 0.15) is 36.5 Å². The Hall–Kier alpha value is -3.02. The van der Waals surface area contributed by atoms with Gasteiger partial charge in [0.2, 0.25) is 0 Å². The number of fused-ring (bicyclic) bond motifs is 1. The Morgan fingerprint density at radius 2 is 1.96 bits per heavy atom. The second-order valence-electron chi connectivity index (χ2n) is 6.29. The molecule has 25 heavy (non-hydrogen) atoms. The normalized spacial score (nSPS) is 11.0. The fraction of sp³-hybridized carbons (Fsp3) is 0.263. The van der Waals surface area contributed by atoms with Crippen LogP contribution in [0, 0.1) is 6.92 Å². The molecule has 0 bridgehead atoms. The highest BCUT2D eigenvalue weighted by Crippen LogP contribution is 2.22. The lowest BCUT2D eigenvalue weighted by molar-refractivity contribution is 0.112. The summed E-state index contributed by atoms with van der Waals surface area (Å²) >= 11 is 0. The zero-order valence-corrected chi connectivity index (χ0v) is 14.5. The highest BCUT2D eigenvalue weighted by molar-refractivity contribution is 5.77. The van der Waals surface area contributed by atoms with Gasteiger partial charge in [-0.15, -0.1) is 0 Å². The minimum Gasteiger partial charge on any atom is -0.315 e. The number of hydrogen-bond donors (Lipinski definition) is 2. The lowest BCUT2D eigenvalue weighted by atomic mass is 9.94. The quantitative estimate of drug-likeness (QED) is 0.767. The Morgan fingerprint density at radius 1 is 1.20 bits per heavy atom. The SMILES string of the molecule is Cc1cccc(C(C)C)c1CNC(=O)On1[nH]c2ccccc2c1=O. The van der Waals surface area contributed by atoms with E-state index in [0.717, 1.165) is 16.0 Å². The van der Waals surface area contributed by atoms with Crippen molar-refractivity contribution in [2.75, 3.05) is 0 Å². The van der Waals surface area contributed by atoms with Crippen LogP contribution in [0.5, 0.6) is 0 Å². The van der Waals surface area contributed by atoms with E-state index in [0.29, 0.717) is 23.4 Å². The van der Waals surface area contributed by atoms with Crippen LogP contribution in [-0.4, -0.2) is 16.0 Å². The molecule has 6 heteroatoms. The third-order valence-corrected chi connectivity index (χ3v) is 4.22. The summed E-state index contributed by atoms with van der Waals surface area (Å²) in [5.41, 5.74) is 3.57. The fourth-order valence-electron chi connectivity index (χ4n) is 2.88. The number of nitrogens with one attached hydrogen (secondary N) is 2. The number of aromatic nitrogens is 2. The first-order valence-corrected chi connectivity index (χ1v) is 8.21. The van der Waals surface area contributed by atoms with Crippen LogP contribution in [-0.2, 0) is 6.54 Å². The fourth-order valence-corrected chi connectivity index (χ4v) is 2.88. The van der Waals surface area contributed by atoms with E-state index in [1.807, 2.05) is 19.1 Å². The number of para-hydroxylation sites is 1. The molecule has 0 fully saturated rings. The first kappa shape index (κ1) is 16.8. The maximum atomic E-state index is 12.2. The lowest BCUT2D eigenvalue weighted by Crippen LogP contribution is -2.36. The van der Waals surface area contributed by atoms with Crippen LogP contribution < -0.4 is 15.7 Å². The first-order chi connectivity index (χ1) is 12.0. The summed E-state index contributed by atoms with van der Waals surface area (Å²) in [6.07, 6.45) is -0.688. The van der Waals surface area contributed by atoms with Gasteiger partial charge in [-0.25, -0.2) is 4.79 Å². The third kappa shape index (κ3) is 3.42. The van der Waals surface area contributed by atoms with Crippen LogP contribution in [0.25, 0.3) is 10.9 Å². The molecule has 2 N–H and O–H groups in total. The molecule has 0 unspecified atom stereocenters. The van der Waals surface area contributed by atoms with E-state index in [2.05, 4.69) is 30.3 Å². The van der Waals surface area contributed by atoms with Gasteiger partial charge in [0.1, 0.15) is 0 Å². The monoisotopic (exact) mass is 339 g/mol. The summed E-state index contributed by atoms with van der Waals surface area (Å²) in [4.78, 5) is 30.2. The Balaban J connectivity index is 1.73. The standard InChI is InChI=1S/C19H21N3O3/c1-12(2)14-9-6-7-13(3)16(14)11-20-19(24)25-22-18(23)15-8-4-5-10-17(15)21-22/h4-10,12,21H,11H2,1-3H3,(H,20,24). The Morgan fingerprint density at radius 3 is 2.68 bits per heavy atom. The first-order valence-electron chi connectivity index (χ1n) is 8.21. The number of H-pyrrole nitrogens is 1. The van der Waals surface area contributed by atoms with Crippen LogP contribution in [0.3, 0.4) is 0 Å². The maximum Gasteiger partial charge on any atom is 0.433 e. The van der Waals surface area contributed by atoms with Gasteiger partial charge in [0.25, 0.3) is 0 Å². The molecule has 6 nitrogen and oxygen atoms in total. The molecule has 0 aliphatic carbocycles. The molecule has 0 saturated carbocycles. The van der Waals surface area contributed by atoms with Crippen molar-refractivity contribution >= 4 is 17.0 Å². The van der Waals surface area contributed by atoms with E-state index >= 15 is 0 Å². The third-order valence-electron chi connectivity index (χ3n) is 4.22. The van der Waals surface area contributed by atoms with Gasteiger partial charge in [0, 0.05) is 6.54 Å². The summed E-state index contributed by atoms with van der Waals surface area (Å²) < 4.78 is 0. The van der Waals surface area contributed by atoms with Gasteiger partial charge in [-0.2, -0.15) is 0 Å². The van der Waals surface area contributed by atoms with Crippen molar-refractivity contribution in [3.05, 3.63) is 69.5 Å². The number of nitrogens with zero attached hydrogens (tertiary/aromatic N) is 1. The average Bonchev–Trinajstić information content (AvgIpc) is 2.89. The summed E-state index contributed by atoms with van der Waals surface area (Å²) in [5.74, 6) is 0.351. The molecular formula is C19H21N3O3. The highest BCUT2D eigenvalue weighted by Gasteiger charge is 2.13. The Labute approximate surface area is 145 Å². The predicted octanol–water partition coefficient (Wildman–Crippen LogP) is 3.10. The van der Waals surface area contributed by atoms with Crippen molar-refractivity contribution in [1.29, 1.82) is 0 Å². The minimum absolute atomic E-state index is 0.341. The van der Waals surface area contributed by atoms with Crippen molar-refractivity contribution in [2.45, 2.75) is 33.2 Å². The van der Waals surface area contributed by atoms with E-state index in [9.17, 15) is 9.59 Å². The molecule has 0 aliphatic heterocycles. The van der Waals surface area contributed by atoms with E-state index in [-0.39, 0.29) is 0 Å². The van der Waals surface area contributed by atoms with Crippen LogP contribution in [0.15, 0.2) is 47.3 Å². The second kappa shape index (κ2) is 6.84. The second-order valence-corrected chi connectivity index (χ2v) is 6.29. The Bertz CT molecular complexity index is 969. The summed E-state index contributed by atoms with van der Waals surface area (Å²) in [5, 5.41) is 5.94. The van der Waals surface area contributed by atoms with Gasteiger partial charge >= 0.3 is 11.7 Å². The van der Waals surface area contributed by atoms with Gasteiger partial charge in [-0.1, -0.05) is 49.0 Å². The molecule has 0 saturated heterocycles. The van der Waals surface area contributed by atoms with E-state index in [4.69, 9.17) is 4.84 Å². The van der Waals surface area contributed by atoms with Crippen LogP contribution in [0.4, 0.5) is 4.79 Å². The van der Waals surface area contributed by atoms with Gasteiger partial charge < -0.3 is 5.32 Å². The van der Waals surface area contributed by atoms with Crippen molar-refractivity contribution in [1.82, 2.24) is 15.3 Å². The molecule has 1 heterocycles. The molecule has 0 atom stereocenters. The molecule has 3 aromatic rings. The molecular weight excluding hydrogens is 318 g/mol. The number of benzene rings is 2. The van der Waals surface area contributed by atoms with Crippen molar-refractivity contribution in [3.8, 4) is 0 Å². The van der Waals surface area contributed by atoms with E-state index in [1.54, 1.807) is 24.3 Å². The molecule has 1 amide bonds. The van der Waals surface area contributed by atoms with Gasteiger partial charge in [-0.3, -0.25) is 14.7 Å². The van der Waals surface area contributed by atoms with E-state index < -0.39 is 11.7 Å². The molecule has 0 spiro atoms. The van der Waals surface area contributed by atoms with Crippen molar-refractivity contribution in [2.24, 2.45) is 0 Å². The number of aryl methyl sites for hydroxylation is 1. The van der Waals surface area contributed by atoms with Gasteiger partial charge in [0.15, 0.2) is 0 Å². The zero-order valence-electron chi connectivity index (χ0n) is 14.5. The topological polar surface area (TPSA) is 76.1 Å². The number of carbonyl (C=O) groups excluding carboxylic acids is 1. The van der Waals surface area contributed by atoms with Crippen molar-refractivity contribution < 1.29 is 9.63 Å². The average molecular weight is 339 g/mol. The molecule has 3 rings (SSSR count). The van der Waals surface area contributed by atoms with Gasteiger partial charge in [-0.05, 0) is 41.7 Å².